The van der Waals surface area contributed by atoms with Gasteiger partial charge in [0.25, 0.3) is 5.91 Å². The molecule has 0 aliphatic carbocycles. The minimum absolute atomic E-state index is 0.261. The fourth-order valence-corrected chi connectivity index (χ4v) is 3.82. The van der Waals surface area contributed by atoms with E-state index in [0.717, 1.165) is 33.3 Å². The Bertz CT molecular complexity index is 1290. The van der Waals surface area contributed by atoms with Crippen LogP contribution in [0.15, 0.2) is 42.7 Å². The number of rotatable bonds is 6. The monoisotopic (exact) mass is 450 g/mol. The molecule has 0 aliphatic rings. The third-order valence-corrected chi connectivity index (χ3v) is 5.43. The first-order chi connectivity index (χ1) is 15.3. The third-order valence-electron chi connectivity index (χ3n) is 5.22. The number of aromatic nitrogens is 4. The summed E-state index contributed by atoms with van der Waals surface area (Å²) in [4.78, 5) is 21.4. The predicted octanol–water partition coefficient (Wildman–Crippen LogP) is 3.67. The number of benzene rings is 1. The molecule has 4 aromatic rings. The van der Waals surface area contributed by atoms with E-state index in [4.69, 9.17) is 22.1 Å². The second kappa shape index (κ2) is 8.84. The Labute approximate surface area is 190 Å². The number of pyridine rings is 2. The molecule has 3 aromatic heterocycles. The number of halogens is 1. The molecule has 1 amide bonds. The van der Waals surface area contributed by atoms with Gasteiger partial charge >= 0.3 is 0 Å². The number of hydrogen-bond donors (Lipinski definition) is 2. The van der Waals surface area contributed by atoms with Crippen molar-refractivity contribution in [2.75, 3.05) is 12.8 Å². The van der Waals surface area contributed by atoms with Crippen LogP contribution in [-0.4, -0.2) is 32.8 Å². The summed E-state index contributed by atoms with van der Waals surface area (Å²) in [6.45, 7) is 4.61. The maximum absolute atomic E-state index is 12.9. The highest BCUT2D eigenvalue weighted by atomic mass is 35.5. The van der Waals surface area contributed by atoms with Crippen molar-refractivity contribution in [1.29, 1.82) is 0 Å². The van der Waals surface area contributed by atoms with Crippen LogP contribution in [0.25, 0.3) is 10.9 Å². The quantitative estimate of drug-likeness (QED) is 0.464. The van der Waals surface area contributed by atoms with Gasteiger partial charge in [0, 0.05) is 30.0 Å². The van der Waals surface area contributed by atoms with Crippen molar-refractivity contribution < 1.29 is 9.53 Å². The van der Waals surface area contributed by atoms with Gasteiger partial charge in [0.1, 0.15) is 11.4 Å². The molecule has 3 N–H and O–H groups in total. The number of carbonyl (C=O) groups is 1. The minimum atomic E-state index is -0.279. The van der Waals surface area contributed by atoms with Gasteiger partial charge in [0.15, 0.2) is 0 Å². The molecule has 4 rings (SSSR count). The van der Waals surface area contributed by atoms with Gasteiger partial charge in [0.2, 0.25) is 5.88 Å². The molecule has 0 atom stereocenters. The molecule has 0 saturated carbocycles. The van der Waals surface area contributed by atoms with Gasteiger partial charge in [-0.2, -0.15) is 0 Å². The van der Waals surface area contributed by atoms with E-state index in [1.165, 1.54) is 7.11 Å². The maximum Gasteiger partial charge on any atom is 0.258 e. The van der Waals surface area contributed by atoms with E-state index in [9.17, 15) is 4.79 Å². The smallest absolute Gasteiger partial charge is 0.258 e. The van der Waals surface area contributed by atoms with Gasteiger partial charge in [0.05, 0.1) is 24.2 Å². The van der Waals surface area contributed by atoms with Gasteiger partial charge in [-0.15, -0.1) is 5.10 Å². The summed E-state index contributed by atoms with van der Waals surface area (Å²) in [5.74, 6) is 0.444. The van der Waals surface area contributed by atoms with Gasteiger partial charge in [-0.25, -0.2) is 4.98 Å². The fourth-order valence-electron chi connectivity index (χ4n) is 3.65. The molecule has 164 valence electrons. The van der Waals surface area contributed by atoms with Gasteiger partial charge in [-0.3, -0.25) is 14.5 Å². The van der Waals surface area contributed by atoms with Crippen LogP contribution in [-0.2, 0) is 13.1 Å². The van der Waals surface area contributed by atoms with Crippen molar-refractivity contribution in [2.24, 2.45) is 0 Å². The largest absolute Gasteiger partial charge is 0.479 e. The molecule has 0 fully saturated rings. The van der Waals surface area contributed by atoms with E-state index in [2.05, 4.69) is 20.4 Å². The van der Waals surface area contributed by atoms with E-state index >= 15 is 0 Å². The summed E-state index contributed by atoms with van der Waals surface area (Å²) >= 11 is 6.06. The molecule has 0 bridgehead atoms. The van der Waals surface area contributed by atoms with Gasteiger partial charge in [-0.05, 0) is 54.8 Å². The number of ether oxygens (including phenoxy) is 1. The molecule has 3 heterocycles. The average molecular weight is 451 g/mol. The van der Waals surface area contributed by atoms with Crippen molar-refractivity contribution in [1.82, 2.24) is 25.1 Å². The molecule has 0 aliphatic heterocycles. The Hall–Kier alpha value is -3.65. The maximum atomic E-state index is 12.9. The molecule has 8 nitrogen and oxygen atoms in total. The topological polar surface area (TPSA) is 108 Å². The van der Waals surface area contributed by atoms with E-state index in [1.54, 1.807) is 23.1 Å². The van der Waals surface area contributed by atoms with Crippen LogP contribution in [0, 0.1) is 13.8 Å². The highest BCUT2D eigenvalue weighted by Crippen LogP contribution is 2.21. The van der Waals surface area contributed by atoms with Crippen molar-refractivity contribution >= 4 is 34.2 Å². The lowest BCUT2D eigenvalue weighted by atomic mass is 10.1. The average Bonchev–Trinajstić information content (AvgIpc) is 3.15. The van der Waals surface area contributed by atoms with Gasteiger partial charge < -0.3 is 15.8 Å². The first-order valence-electron chi connectivity index (χ1n) is 10.0. The molecule has 1 aromatic carbocycles. The van der Waals surface area contributed by atoms with E-state index < -0.39 is 0 Å². The zero-order chi connectivity index (χ0) is 22.8. The number of aryl methyl sites for hydroxylation is 2. The second-order valence-corrected chi connectivity index (χ2v) is 7.98. The third kappa shape index (κ3) is 4.50. The van der Waals surface area contributed by atoms with Crippen LogP contribution in [0.2, 0.25) is 5.02 Å². The zero-order valence-electron chi connectivity index (χ0n) is 18.0. The van der Waals surface area contributed by atoms with Crippen molar-refractivity contribution in [2.45, 2.75) is 26.9 Å². The number of fused-ring (bicyclic) bond motifs is 1. The van der Waals surface area contributed by atoms with Gasteiger partial charge in [-0.1, -0.05) is 17.7 Å². The zero-order valence-corrected chi connectivity index (χ0v) is 18.8. The van der Waals surface area contributed by atoms with E-state index in [-0.39, 0.29) is 11.8 Å². The number of nitrogen functional groups attached to an aromatic ring is 1. The second-order valence-electron chi connectivity index (χ2n) is 7.54. The van der Waals surface area contributed by atoms with Crippen LogP contribution in [0.4, 0.5) is 5.82 Å². The molecule has 0 saturated heterocycles. The van der Waals surface area contributed by atoms with Crippen molar-refractivity contribution in [3.8, 4) is 5.88 Å². The van der Waals surface area contributed by atoms with Crippen LogP contribution < -0.4 is 15.8 Å². The number of methoxy groups -OCH3 is 1. The lowest BCUT2D eigenvalue weighted by Crippen LogP contribution is -2.24. The molecular formula is C23H23ClN6O2. The lowest BCUT2D eigenvalue weighted by molar-refractivity contribution is 0.0947. The highest BCUT2D eigenvalue weighted by Gasteiger charge is 2.18. The van der Waals surface area contributed by atoms with Crippen LogP contribution in [0.1, 0.15) is 32.7 Å². The number of nitrogens with two attached hydrogens (primary N) is 1. The molecule has 0 unspecified atom stereocenters. The summed E-state index contributed by atoms with van der Waals surface area (Å²) in [5.41, 5.74) is 10.7. The fraction of sp³-hybridized carbons (Fsp3) is 0.217. The van der Waals surface area contributed by atoms with Crippen LogP contribution in [0.5, 0.6) is 5.88 Å². The lowest BCUT2D eigenvalue weighted by Gasteiger charge is -2.11. The Balaban J connectivity index is 1.52. The Morgan fingerprint density at radius 2 is 2.06 bits per heavy atom. The number of anilines is 1. The highest BCUT2D eigenvalue weighted by molar-refractivity contribution is 6.31. The first-order valence-corrected chi connectivity index (χ1v) is 10.4. The molecule has 0 spiro atoms. The normalized spacial score (nSPS) is 11.0. The summed E-state index contributed by atoms with van der Waals surface area (Å²) in [7, 11) is 1.49. The van der Waals surface area contributed by atoms with Crippen LogP contribution in [0.3, 0.4) is 0 Å². The summed E-state index contributed by atoms with van der Waals surface area (Å²) in [5, 5.41) is 8.85. The molecular weight excluding hydrogens is 428 g/mol. The molecule has 0 radical (unpaired) electrons. The Kier molecular flexibility index (Phi) is 5.96. The first kappa shape index (κ1) is 21.6. The Morgan fingerprint density at radius 3 is 2.81 bits per heavy atom. The predicted molar refractivity (Wildman–Crippen MR) is 124 cm³/mol. The standard InChI is InChI=1S/C23H23ClN6O2/c1-13-6-21(25)28-14(2)18(13)10-27-22(31)19-12-30(29-23(19)32-3)11-15-4-5-20-16(7-15)8-17(24)9-26-20/h4-9,12H,10-11H2,1-3H3,(H2,25,28)(H,27,31). The summed E-state index contributed by atoms with van der Waals surface area (Å²) in [6.07, 6.45) is 3.30. The number of amides is 1. The SMILES string of the molecule is COc1nn(Cc2ccc3ncc(Cl)cc3c2)cc1C(=O)NCc1c(C)cc(N)nc1C. The molecule has 32 heavy (non-hydrogen) atoms. The van der Waals surface area contributed by atoms with Crippen LogP contribution >= 0.6 is 11.6 Å². The summed E-state index contributed by atoms with van der Waals surface area (Å²) < 4.78 is 7.01. The van der Waals surface area contributed by atoms with Crippen molar-refractivity contribution in [3.63, 3.8) is 0 Å². The minimum Gasteiger partial charge on any atom is -0.479 e. The van der Waals surface area contributed by atoms with E-state index in [1.807, 2.05) is 38.1 Å². The Morgan fingerprint density at radius 1 is 1.25 bits per heavy atom. The number of nitrogens with zero attached hydrogens (tertiary/aromatic N) is 4. The number of carbonyl (C=O) groups excluding carboxylic acids is 1. The number of nitrogens with one attached hydrogen (secondary N) is 1. The van der Waals surface area contributed by atoms with E-state index in [0.29, 0.717) is 29.5 Å². The number of hydrogen-bond acceptors (Lipinski definition) is 6. The van der Waals surface area contributed by atoms with Crippen molar-refractivity contribution in [3.05, 3.63) is 75.7 Å². The summed E-state index contributed by atoms with van der Waals surface area (Å²) in [6, 6.07) is 9.56. The molecule has 9 heteroatoms.